The van der Waals surface area contributed by atoms with Crippen LogP contribution in [-0.4, -0.2) is 71.9 Å². The smallest absolute Gasteiger partial charge is 0.320 e. The second kappa shape index (κ2) is 23.8. The Morgan fingerprint density at radius 3 is 2.05 bits per heavy atom. The summed E-state index contributed by atoms with van der Waals surface area (Å²) in [7, 11) is 3.08. The Balaban J connectivity index is 0. The maximum Gasteiger partial charge on any atom is 0.320 e. The highest BCUT2D eigenvalue weighted by atomic mass is 16.5. The Morgan fingerprint density at radius 2 is 1.63 bits per heavy atom. The van der Waals surface area contributed by atoms with Crippen molar-refractivity contribution >= 4 is 23.6 Å². The SMILES string of the molecule is C/C=C/N(c1ncnc(NC(=O)NCC)c1C)C(C)OC(CC)C(=O)NC.CN.OCO.c1ccccc1. The zero-order chi connectivity index (χ0) is 29.3. The van der Waals surface area contributed by atoms with Crippen molar-refractivity contribution < 1.29 is 24.5 Å². The number of nitrogens with zero attached hydrogens (tertiary/aromatic N) is 3. The minimum absolute atomic E-state index is 0.178. The number of benzene rings is 1. The summed E-state index contributed by atoms with van der Waals surface area (Å²) in [5.74, 6) is 0.808. The molecule has 214 valence electrons. The van der Waals surface area contributed by atoms with Gasteiger partial charge in [-0.05, 0) is 41.2 Å². The molecule has 0 radical (unpaired) electrons. The number of carbonyl (C=O) groups excluding carboxylic acids is 2. The molecule has 1 aromatic carbocycles. The highest BCUT2D eigenvalue weighted by Gasteiger charge is 2.24. The van der Waals surface area contributed by atoms with Crippen molar-refractivity contribution in [2.75, 3.05) is 37.6 Å². The van der Waals surface area contributed by atoms with Crippen LogP contribution in [0, 0.1) is 6.92 Å². The van der Waals surface area contributed by atoms with Crippen molar-refractivity contribution in [2.24, 2.45) is 5.73 Å². The van der Waals surface area contributed by atoms with E-state index in [1.807, 2.05) is 83.3 Å². The van der Waals surface area contributed by atoms with Crippen LogP contribution in [0.25, 0.3) is 0 Å². The fourth-order valence-corrected chi connectivity index (χ4v) is 2.86. The zero-order valence-corrected chi connectivity index (χ0v) is 23.5. The number of nitrogens with two attached hydrogens (primary N) is 1. The van der Waals surface area contributed by atoms with Crippen LogP contribution in [-0.2, 0) is 9.53 Å². The summed E-state index contributed by atoms with van der Waals surface area (Å²) in [5, 5.41) is 22.2. The Morgan fingerprint density at radius 1 is 1.11 bits per heavy atom. The van der Waals surface area contributed by atoms with Gasteiger partial charge in [-0.3, -0.25) is 10.1 Å². The number of rotatable bonds is 9. The van der Waals surface area contributed by atoms with Crippen LogP contribution in [0.1, 0.15) is 39.7 Å². The first-order valence-corrected chi connectivity index (χ1v) is 12.2. The quantitative estimate of drug-likeness (QED) is 0.263. The molecular formula is C26H45N7O5. The lowest BCUT2D eigenvalue weighted by atomic mass is 10.2. The molecule has 2 atom stereocenters. The van der Waals surface area contributed by atoms with Gasteiger partial charge in [0.15, 0.2) is 0 Å². The zero-order valence-electron chi connectivity index (χ0n) is 23.5. The van der Waals surface area contributed by atoms with Gasteiger partial charge in [0.25, 0.3) is 0 Å². The van der Waals surface area contributed by atoms with Gasteiger partial charge in [-0.15, -0.1) is 0 Å². The molecule has 2 aromatic rings. The third-order valence-electron chi connectivity index (χ3n) is 4.51. The Bertz CT molecular complexity index is 874. The molecule has 3 amide bonds. The van der Waals surface area contributed by atoms with E-state index in [2.05, 4.69) is 31.7 Å². The molecule has 7 N–H and O–H groups in total. The monoisotopic (exact) mass is 535 g/mol. The summed E-state index contributed by atoms with van der Waals surface area (Å²) in [6, 6.07) is 11.7. The van der Waals surface area contributed by atoms with Gasteiger partial charge in [0.2, 0.25) is 5.91 Å². The number of aromatic nitrogens is 2. The fraction of sp³-hybridized carbons (Fsp3) is 0.462. The van der Waals surface area contributed by atoms with Crippen LogP contribution in [0.2, 0.25) is 0 Å². The van der Waals surface area contributed by atoms with Crippen LogP contribution in [0.15, 0.2) is 55.0 Å². The summed E-state index contributed by atoms with van der Waals surface area (Å²) < 4.78 is 5.94. The molecule has 12 heteroatoms. The molecule has 0 spiro atoms. The largest absolute Gasteiger partial charge is 0.371 e. The fourth-order valence-electron chi connectivity index (χ4n) is 2.86. The molecular weight excluding hydrogens is 490 g/mol. The summed E-state index contributed by atoms with van der Waals surface area (Å²) in [6.45, 7) is 9.01. The number of aliphatic hydroxyl groups excluding tert-OH is 1. The van der Waals surface area contributed by atoms with Gasteiger partial charge in [-0.1, -0.05) is 49.4 Å². The van der Waals surface area contributed by atoms with Crippen molar-refractivity contribution in [2.45, 2.75) is 53.4 Å². The molecule has 1 aromatic heterocycles. The number of allylic oxidation sites excluding steroid dienone is 1. The van der Waals surface area contributed by atoms with Crippen LogP contribution < -0.4 is 26.6 Å². The standard InChI is InChI=1S/C18H30N6O3.C6H6.CH5N.CH4O2/c1-7-10-24(13(5)27-14(8-2)17(25)19-6)16-12(4)15(21-11-22-16)23-18(26)20-9-3;1-2-4-6-5-3-1;1-2;2-1-3/h7,10-11,13-14H,8-9H2,1-6H3,(H,19,25)(H2,20,21,22,23,26);1-6H;2H2,1H3;2-3H,1H2/b10-7+;;;. The minimum atomic E-state index is -0.750. The second-order valence-corrected chi connectivity index (χ2v) is 7.09. The van der Waals surface area contributed by atoms with Gasteiger partial charge in [0.05, 0.1) is 0 Å². The number of nitrogens with one attached hydrogen (secondary N) is 3. The number of amides is 3. The van der Waals surface area contributed by atoms with E-state index in [1.165, 1.54) is 13.4 Å². The van der Waals surface area contributed by atoms with Crippen LogP contribution in [0.5, 0.6) is 0 Å². The first kappa shape index (κ1) is 36.6. The first-order valence-electron chi connectivity index (χ1n) is 12.2. The number of urea groups is 1. The molecule has 0 aliphatic heterocycles. The number of carbonyl (C=O) groups is 2. The average Bonchev–Trinajstić information content (AvgIpc) is 2.94. The Kier molecular flexibility index (Phi) is 22.9. The highest BCUT2D eigenvalue weighted by Crippen LogP contribution is 2.25. The molecule has 0 saturated heterocycles. The lowest BCUT2D eigenvalue weighted by molar-refractivity contribution is -0.135. The molecule has 1 heterocycles. The van der Waals surface area contributed by atoms with Gasteiger partial charge in [0.1, 0.15) is 37.1 Å². The lowest BCUT2D eigenvalue weighted by Crippen LogP contribution is -2.41. The van der Waals surface area contributed by atoms with E-state index in [9.17, 15) is 9.59 Å². The maximum atomic E-state index is 11.9. The molecule has 0 fully saturated rings. The molecule has 0 aliphatic rings. The van der Waals surface area contributed by atoms with E-state index < -0.39 is 19.1 Å². The van der Waals surface area contributed by atoms with Gasteiger partial charge >= 0.3 is 6.03 Å². The normalized spacial score (nSPS) is 11.2. The van der Waals surface area contributed by atoms with E-state index in [0.29, 0.717) is 30.2 Å². The number of aliphatic hydroxyl groups is 2. The van der Waals surface area contributed by atoms with E-state index in [1.54, 1.807) is 11.9 Å². The van der Waals surface area contributed by atoms with Crippen LogP contribution in [0.3, 0.4) is 0 Å². The molecule has 0 bridgehead atoms. The van der Waals surface area contributed by atoms with Gasteiger partial charge in [-0.25, -0.2) is 14.8 Å². The highest BCUT2D eigenvalue weighted by molar-refractivity contribution is 5.89. The van der Waals surface area contributed by atoms with Gasteiger partial charge < -0.3 is 36.2 Å². The number of hydrogen-bond donors (Lipinski definition) is 6. The lowest BCUT2D eigenvalue weighted by Gasteiger charge is -2.30. The van der Waals surface area contributed by atoms with Crippen molar-refractivity contribution in [1.29, 1.82) is 0 Å². The second-order valence-electron chi connectivity index (χ2n) is 7.09. The minimum Gasteiger partial charge on any atom is -0.371 e. The number of ether oxygens (including phenoxy) is 1. The van der Waals surface area contributed by atoms with E-state index in [-0.39, 0.29) is 11.9 Å². The predicted octanol–water partition coefficient (Wildman–Crippen LogP) is 2.34. The number of hydrogen-bond acceptors (Lipinski definition) is 9. The number of anilines is 2. The predicted molar refractivity (Wildman–Crippen MR) is 151 cm³/mol. The topological polar surface area (TPSA) is 175 Å². The molecule has 38 heavy (non-hydrogen) atoms. The third kappa shape index (κ3) is 14.9. The van der Waals surface area contributed by atoms with E-state index in [4.69, 9.17) is 14.9 Å². The molecule has 2 unspecified atom stereocenters. The van der Waals surface area contributed by atoms with Crippen molar-refractivity contribution in [3.8, 4) is 0 Å². The maximum absolute atomic E-state index is 11.9. The van der Waals surface area contributed by atoms with Crippen LogP contribution >= 0.6 is 0 Å². The molecule has 2 rings (SSSR count). The Labute approximate surface area is 226 Å². The molecule has 0 aliphatic carbocycles. The van der Waals surface area contributed by atoms with Gasteiger partial charge in [-0.2, -0.15) is 0 Å². The summed E-state index contributed by atoms with van der Waals surface area (Å²) in [4.78, 5) is 34.0. The average molecular weight is 536 g/mol. The Hall–Kier alpha value is -3.58. The van der Waals surface area contributed by atoms with Crippen molar-refractivity contribution in [3.05, 3.63) is 60.6 Å². The van der Waals surface area contributed by atoms with Gasteiger partial charge in [0, 0.05) is 25.4 Å². The van der Waals surface area contributed by atoms with Crippen molar-refractivity contribution in [1.82, 2.24) is 20.6 Å². The van der Waals surface area contributed by atoms with Crippen LogP contribution in [0.4, 0.5) is 16.4 Å². The number of likely N-dealkylation sites (N-methyl/N-ethyl adjacent to an activating group) is 1. The third-order valence-corrected chi connectivity index (χ3v) is 4.51. The summed E-state index contributed by atoms with van der Waals surface area (Å²) in [6.07, 6.45) is 4.54. The van der Waals surface area contributed by atoms with E-state index >= 15 is 0 Å². The van der Waals surface area contributed by atoms with Crippen molar-refractivity contribution in [3.63, 3.8) is 0 Å². The summed E-state index contributed by atoms with van der Waals surface area (Å²) in [5.41, 5.74) is 5.19. The van der Waals surface area contributed by atoms with E-state index in [0.717, 1.165) is 0 Å². The first-order chi connectivity index (χ1) is 18.3. The summed E-state index contributed by atoms with van der Waals surface area (Å²) >= 11 is 0. The molecule has 12 nitrogen and oxygen atoms in total. The molecule has 0 saturated carbocycles.